The van der Waals surface area contributed by atoms with Gasteiger partial charge in [0, 0.05) is 22.6 Å². The van der Waals surface area contributed by atoms with Gasteiger partial charge in [-0.1, -0.05) is 48.7 Å². The van der Waals surface area contributed by atoms with Crippen molar-refractivity contribution in [3.8, 4) is 0 Å². The third kappa shape index (κ3) is 5.96. The molecule has 0 aliphatic carbocycles. The second-order valence-electron chi connectivity index (χ2n) is 5.34. The lowest BCUT2D eigenvalue weighted by Crippen LogP contribution is -2.25. The van der Waals surface area contributed by atoms with E-state index in [0.29, 0.717) is 12.6 Å². The minimum absolute atomic E-state index is 0.147. The maximum atomic E-state index is 13.6. The predicted octanol–water partition coefficient (Wildman–Crippen LogP) is 4.89. The summed E-state index contributed by atoms with van der Waals surface area (Å²) in [4.78, 5) is 0. The average Bonchev–Trinajstić information content (AvgIpc) is 2.27. The molecule has 1 rings (SSSR count). The standard InChI is InChI=1S/C15H23BrFN/c1-11(2)5-4-6-12(3)18-10-13-7-8-14(16)9-15(13)17/h7-9,11-12,18H,4-6,10H2,1-3H3. The molecule has 1 aromatic rings. The number of benzene rings is 1. The van der Waals surface area contributed by atoms with E-state index >= 15 is 0 Å². The zero-order valence-corrected chi connectivity index (χ0v) is 13.1. The van der Waals surface area contributed by atoms with Gasteiger partial charge in [-0.3, -0.25) is 0 Å². The van der Waals surface area contributed by atoms with Crippen LogP contribution >= 0.6 is 15.9 Å². The van der Waals surface area contributed by atoms with Gasteiger partial charge in [-0.2, -0.15) is 0 Å². The highest BCUT2D eigenvalue weighted by Gasteiger charge is 2.06. The van der Waals surface area contributed by atoms with E-state index in [9.17, 15) is 4.39 Å². The summed E-state index contributed by atoms with van der Waals surface area (Å²) in [6.45, 7) is 7.25. The van der Waals surface area contributed by atoms with Gasteiger partial charge in [0.25, 0.3) is 0 Å². The fourth-order valence-corrected chi connectivity index (χ4v) is 2.22. The Morgan fingerprint density at radius 3 is 2.56 bits per heavy atom. The zero-order valence-electron chi connectivity index (χ0n) is 11.5. The molecule has 0 bridgehead atoms. The zero-order chi connectivity index (χ0) is 13.5. The molecular weight excluding hydrogens is 293 g/mol. The Balaban J connectivity index is 2.31. The number of hydrogen-bond acceptors (Lipinski definition) is 1. The highest BCUT2D eigenvalue weighted by Crippen LogP contribution is 2.15. The lowest BCUT2D eigenvalue weighted by Gasteiger charge is -2.15. The van der Waals surface area contributed by atoms with Crippen molar-refractivity contribution in [2.24, 2.45) is 5.92 Å². The molecule has 1 unspecified atom stereocenters. The average molecular weight is 316 g/mol. The predicted molar refractivity (Wildman–Crippen MR) is 79.1 cm³/mol. The molecule has 1 N–H and O–H groups in total. The molecule has 0 amide bonds. The fourth-order valence-electron chi connectivity index (χ4n) is 1.88. The molecular formula is C15H23BrFN. The molecule has 0 heterocycles. The van der Waals surface area contributed by atoms with E-state index in [0.717, 1.165) is 22.4 Å². The van der Waals surface area contributed by atoms with E-state index < -0.39 is 0 Å². The van der Waals surface area contributed by atoms with Crippen LogP contribution in [-0.2, 0) is 6.54 Å². The lowest BCUT2D eigenvalue weighted by atomic mass is 10.0. The smallest absolute Gasteiger partial charge is 0.128 e. The van der Waals surface area contributed by atoms with Crippen molar-refractivity contribution in [1.82, 2.24) is 5.32 Å². The number of hydrogen-bond donors (Lipinski definition) is 1. The van der Waals surface area contributed by atoms with Crippen molar-refractivity contribution in [2.75, 3.05) is 0 Å². The van der Waals surface area contributed by atoms with E-state index in [1.54, 1.807) is 0 Å². The second kappa shape index (κ2) is 7.90. The third-order valence-electron chi connectivity index (χ3n) is 3.07. The van der Waals surface area contributed by atoms with Crippen LogP contribution in [0.25, 0.3) is 0 Å². The first-order chi connectivity index (χ1) is 8.49. The molecule has 0 saturated carbocycles. The van der Waals surface area contributed by atoms with Crippen LogP contribution in [0.2, 0.25) is 0 Å². The van der Waals surface area contributed by atoms with Gasteiger partial charge in [0.15, 0.2) is 0 Å². The number of nitrogens with one attached hydrogen (secondary N) is 1. The summed E-state index contributed by atoms with van der Waals surface area (Å²) in [5.74, 6) is 0.618. The molecule has 0 radical (unpaired) electrons. The van der Waals surface area contributed by atoms with Gasteiger partial charge in [0.1, 0.15) is 5.82 Å². The van der Waals surface area contributed by atoms with Crippen LogP contribution in [-0.4, -0.2) is 6.04 Å². The first kappa shape index (κ1) is 15.6. The van der Waals surface area contributed by atoms with Crippen LogP contribution < -0.4 is 5.32 Å². The Hall–Kier alpha value is -0.410. The van der Waals surface area contributed by atoms with Crippen LogP contribution in [0.3, 0.4) is 0 Å². The maximum absolute atomic E-state index is 13.6. The summed E-state index contributed by atoms with van der Waals surface area (Å²) < 4.78 is 14.4. The molecule has 0 spiro atoms. The van der Waals surface area contributed by atoms with E-state index in [1.165, 1.54) is 18.9 Å². The van der Waals surface area contributed by atoms with Gasteiger partial charge >= 0.3 is 0 Å². The SMILES string of the molecule is CC(C)CCCC(C)NCc1ccc(Br)cc1F. The Morgan fingerprint density at radius 2 is 1.94 bits per heavy atom. The number of rotatable bonds is 7. The first-order valence-corrected chi connectivity index (χ1v) is 7.45. The Morgan fingerprint density at radius 1 is 1.22 bits per heavy atom. The molecule has 102 valence electrons. The van der Waals surface area contributed by atoms with Gasteiger partial charge in [-0.25, -0.2) is 4.39 Å². The Bertz CT molecular complexity index is 366. The van der Waals surface area contributed by atoms with E-state index in [4.69, 9.17) is 0 Å². The third-order valence-corrected chi connectivity index (χ3v) is 3.57. The summed E-state index contributed by atoms with van der Waals surface area (Å²) in [6, 6.07) is 5.66. The van der Waals surface area contributed by atoms with Crippen molar-refractivity contribution in [2.45, 2.75) is 52.6 Å². The van der Waals surface area contributed by atoms with Crippen LogP contribution in [0.15, 0.2) is 22.7 Å². The van der Waals surface area contributed by atoms with Gasteiger partial charge in [-0.15, -0.1) is 0 Å². The van der Waals surface area contributed by atoms with E-state index in [1.807, 2.05) is 12.1 Å². The molecule has 0 aliphatic rings. The molecule has 0 aromatic heterocycles. The fraction of sp³-hybridized carbons (Fsp3) is 0.600. The van der Waals surface area contributed by atoms with E-state index in [-0.39, 0.29) is 5.82 Å². The summed E-state index contributed by atoms with van der Waals surface area (Å²) in [5, 5.41) is 3.38. The molecule has 18 heavy (non-hydrogen) atoms. The summed E-state index contributed by atoms with van der Waals surface area (Å²) in [6.07, 6.45) is 3.64. The van der Waals surface area contributed by atoms with Gasteiger partial charge < -0.3 is 5.32 Å². The quantitative estimate of drug-likeness (QED) is 0.755. The highest BCUT2D eigenvalue weighted by atomic mass is 79.9. The maximum Gasteiger partial charge on any atom is 0.128 e. The van der Waals surface area contributed by atoms with Gasteiger partial charge in [-0.05, 0) is 31.4 Å². The minimum Gasteiger partial charge on any atom is -0.310 e. The van der Waals surface area contributed by atoms with Crippen LogP contribution in [0.4, 0.5) is 4.39 Å². The first-order valence-electron chi connectivity index (χ1n) is 6.66. The van der Waals surface area contributed by atoms with Crippen LogP contribution in [0, 0.1) is 11.7 Å². The molecule has 0 aliphatic heterocycles. The molecule has 1 atom stereocenters. The monoisotopic (exact) mass is 315 g/mol. The van der Waals surface area contributed by atoms with Crippen LogP contribution in [0.1, 0.15) is 45.6 Å². The second-order valence-corrected chi connectivity index (χ2v) is 6.26. The molecule has 3 heteroatoms. The van der Waals surface area contributed by atoms with Crippen molar-refractivity contribution < 1.29 is 4.39 Å². The molecule has 1 nitrogen and oxygen atoms in total. The van der Waals surface area contributed by atoms with Crippen LogP contribution in [0.5, 0.6) is 0 Å². The summed E-state index contributed by atoms with van der Waals surface area (Å²) in [7, 11) is 0. The highest BCUT2D eigenvalue weighted by molar-refractivity contribution is 9.10. The van der Waals surface area contributed by atoms with Gasteiger partial charge in [0.2, 0.25) is 0 Å². The van der Waals surface area contributed by atoms with Crippen molar-refractivity contribution in [1.29, 1.82) is 0 Å². The Kier molecular flexibility index (Phi) is 6.87. The van der Waals surface area contributed by atoms with Crippen molar-refractivity contribution in [3.63, 3.8) is 0 Å². The summed E-state index contributed by atoms with van der Waals surface area (Å²) >= 11 is 3.26. The molecule has 1 aromatic carbocycles. The number of halogens is 2. The Labute approximate surface area is 118 Å². The van der Waals surface area contributed by atoms with Crippen molar-refractivity contribution in [3.05, 3.63) is 34.1 Å². The van der Waals surface area contributed by atoms with Gasteiger partial charge in [0.05, 0.1) is 0 Å². The summed E-state index contributed by atoms with van der Waals surface area (Å²) in [5.41, 5.74) is 0.730. The van der Waals surface area contributed by atoms with Crippen molar-refractivity contribution >= 4 is 15.9 Å². The largest absolute Gasteiger partial charge is 0.310 e. The topological polar surface area (TPSA) is 12.0 Å². The normalized spacial score (nSPS) is 13.0. The minimum atomic E-state index is -0.147. The molecule has 0 saturated heterocycles. The van der Waals surface area contributed by atoms with E-state index in [2.05, 4.69) is 42.0 Å². The molecule has 0 fully saturated rings. The lowest BCUT2D eigenvalue weighted by molar-refractivity contribution is 0.452.